The highest BCUT2D eigenvalue weighted by Crippen LogP contribution is 2.14. The van der Waals surface area contributed by atoms with Crippen molar-refractivity contribution in [2.45, 2.75) is 6.92 Å². The van der Waals surface area contributed by atoms with E-state index >= 15 is 0 Å². The van der Waals surface area contributed by atoms with Crippen LogP contribution >= 0.6 is 0 Å². The number of ether oxygens (including phenoxy) is 1. The second kappa shape index (κ2) is 4.78. The Balaban J connectivity index is 2.27. The summed E-state index contributed by atoms with van der Waals surface area (Å²) in [4.78, 5) is 16.2. The maximum Gasteiger partial charge on any atom is 0.194 e. The van der Waals surface area contributed by atoms with Crippen molar-refractivity contribution in [2.75, 3.05) is 7.11 Å². The third-order valence-electron chi connectivity index (χ3n) is 2.53. The molecule has 0 radical (unpaired) electrons. The minimum atomic E-state index is -0.0276. The van der Waals surface area contributed by atoms with Crippen LogP contribution in [0.2, 0.25) is 0 Å². The minimum Gasteiger partial charge on any atom is -0.497 e. The molecule has 0 saturated carbocycles. The molecule has 3 nitrogen and oxygen atoms in total. The highest BCUT2D eigenvalue weighted by Gasteiger charge is 2.08. The number of pyridine rings is 1. The van der Waals surface area contributed by atoms with E-state index in [4.69, 9.17) is 4.74 Å². The third-order valence-corrected chi connectivity index (χ3v) is 2.53. The van der Waals surface area contributed by atoms with E-state index in [0.717, 1.165) is 11.4 Å². The molecule has 0 N–H and O–H groups in total. The number of aryl methyl sites for hydroxylation is 1. The van der Waals surface area contributed by atoms with Crippen LogP contribution in [0.15, 0.2) is 42.6 Å². The number of methoxy groups -OCH3 is 1. The van der Waals surface area contributed by atoms with Gasteiger partial charge in [0.05, 0.1) is 7.11 Å². The molecule has 0 aliphatic rings. The number of carbonyl (C=O) groups is 1. The predicted octanol–water partition coefficient (Wildman–Crippen LogP) is 2.63. The number of benzene rings is 1. The number of hydrogen-bond acceptors (Lipinski definition) is 3. The molecular formula is C14H13NO2. The standard InChI is InChI=1S/C14H13NO2/c1-10-3-4-12(9-15-10)14(16)11-5-7-13(17-2)8-6-11/h3-9H,1-2H3. The van der Waals surface area contributed by atoms with Crippen LogP contribution in [-0.2, 0) is 0 Å². The molecule has 0 saturated heterocycles. The molecular weight excluding hydrogens is 214 g/mol. The molecule has 1 heterocycles. The molecule has 0 amide bonds. The van der Waals surface area contributed by atoms with Gasteiger partial charge in [-0.3, -0.25) is 9.78 Å². The third kappa shape index (κ3) is 2.50. The number of rotatable bonds is 3. The van der Waals surface area contributed by atoms with Gasteiger partial charge in [0, 0.05) is 23.0 Å². The fourth-order valence-corrected chi connectivity index (χ4v) is 1.51. The van der Waals surface area contributed by atoms with E-state index in [-0.39, 0.29) is 5.78 Å². The van der Waals surface area contributed by atoms with E-state index in [1.54, 1.807) is 43.6 Å². The van der Waals surface area contributed by atoms with E-state index in [9.17, 15) is 4.79 Å². The summed E-state index contributed by atoms with van der Waals surface area (Å²) >= 11 is 0. The zero-order chi connectivity index (χ0) is 12.3. The summed E-state index contributed by atoms with van der Waals surface area (Å²) in [6.07, 6.45) is 1.60. The Labute approximate surface area is 100 Å². The quantitative estimate of drug-likeness (QED) is 0.757. The number of aromatic nitrogens is 1. The van der Waals surface area contributed by atoms with Crippen LogP contribution in [0, 0.1) is 6.92 Å². The van der Waals surface area contributed by atoms with Crippen LogP contribution in [-0.4, -0.2) is 17.9 Å². The summed E-state index contributed by atoms with van der Waals surface area (Å²) in [5.74, 6) is 0.712. The molecule has 2 rings (SSSR count). The van der Waals surface area contributed by atoms with Crippen LogP contribution in [0.25, 0.3) is 0 Å². The molecule has 0 aliphatic carbocycles. The maximum atomic E-state index is 12.1. The molecule has 0 aliphatic heterocycles. The highest BCUT2D eigenvalue weighted by atomic mass is 16.5. The SMILES string of the molecule is COc1ccc(C(=O)c2ccc(C)nc2)cc1. The first-order valence-electron chi connectivity index (χ1n) is 5.32. The van der Waals surface area contributed by atoms with E-state index in [1.165, 1.54) is 0 Å². The number of carbonyl (C=O) groups excluding carboxylic acids is 1. The van der Waals surface area contributed by atoms with Gasteiger partial charge in [-0.1, -0.05) is 0 Å². The van der Waals surface area contributed by atoms with Crippen LogP contribution < -0.4 is 4.74 Å². The van der Waals surface area contributed by atoms with Gasteiger partial charge < -0.3 is 4.74 Å². The van der Waals surface area contributed by atoms with Gasteiger partial charge >= 0.3 is 0 Å². The summed E-state index contributed by atoms with van der Waals surface area (Å²) in [6, 6.07) is 10.7. The first kappa shape index (κ1) is 11.3. The molecule has 17 heavy (non-hydrogen) atoms. The smallest absolute Gasteiger partial charge is 0.194 e. The molecule has 2 aromatic rings. The summed E-state index contributed by atoms with van der Waals surface area (Å²) in [5.41, 5.74) is 2.13. The average molecular weight is 227 g/mol. The fourth-order valence-electron chi connectivity index (χ4n) is 1.51. The van der Waals surface area contributed by atoms with Gasteiger partial charge in [0.15, 0.2) is 5.78 Å². The van der Waals surface area contributed by atoms with Crippen LogP contribution in [0.1, 0.15) is 21.6 Å². The van der Waals surface area contributed by atoms with Crippen LogP contribution in [0.5, 0.6) is 5.75 Å². The maximum absolute atomic E-state index is 12.1. The molecule has 1 aromatic carbocycles. The summed E-state index contributed by atoms with van der Waals surface area (Å²) < 4.78 is 5.05. The lowest BCUT2D eigenvalue weighted by Gasteiger charge is -2.03. The Morgan fingerprint density at radius 2 is 1.71 bits per heavy atom. The van der Waals surface area contributed by atoms with Gasteiger partial charge in [-0.05, 0) is 43.3 Å². The molecule has 0 atom stereocenters. The number of ketones is 1. The second-order valence-electron chi connectivity index (χ2n) is 3.75. The van der Waals surface area contributed by atoms with Crippen LogP contribution in [0.4, 0.5) is 0 Å². The second-order valence-corrected chi connectivity index (χ2v) is 3.75. The summed E-state index contributed by atoms with van der Waals surface area (Å²) in [7, 11) is 1.60. The fraction of sp³-hybridized carbons (Fsp3) is 0.143. The molecule has 3 heteroatoms. The topological polar surface area (TPSA) is 39.2 Å². The van der Waals surface area contributed by atoms with E-state index in [0.29, 0.717) is 11.1 Å². The first-order chi connectivity index (χ1) is 8.20. The highest BCUT2D eigenvalue weighted by molar-refractivity contribution is 6.08. The lowest BCUT2D eigenvalue weighted by atomic mass is 10.0. The largest absolute Gasteiger partial charge is 0.497 e. The zero-order valence-electron chi connectivity index (χ0n) is 9.81. The van der Waals surface area contributed by atoms with Crippen molar-refractivity contribution >= 4 is 5.78 Å². The lowest BCUT2D eigenvalue weighted by Crippen LogP contribution is -2.02. The lowest BCUT2D eigenvalue weighted by molar-refractivity contribution is 0.103. The van der Waals surface area contributed by atoms with Gasteiger partial charge in [0.1, 0.15) is 5.75 Å². The monoisotopic (exact) mass is 227 g/mol. The molecule has 1 aromatic heterocycles. The van der Waals surface area contributed by atoms with Crippen molar-refractivity contribution in [3.8, 4) is 5.75 Å². The van der Waals surface area contributed by atoms with Crippen LogP contribution in [0.3, 0.4) is 0 Å². The molecule has 0 fully saturated rings. The predicted molar refractivity (Wildman–Crippen MR) is 65.4 cm³/mol. The molecule has 0 bridgehead atoms. The number of nitrogens with zero attached hydrogens (tertiary/aromatic N) is 1. The van der Waals surface area contributed by atoms with E-state index in [2.05, 4.69) is 4.98 Å². The van der Waals surface area contributed by atoms with Crippen molar-refractivity contribution in [2.24, 2.45) is 0 Å². The van der Waals surface area contributed by atoms with Crippen molar-refractivity contribution in [1.29, 1.82) is 0 Å². The first-order valence-corrected chi connectivity index (χ1v) is 5.32. The summed E-state index contributed by atoms with van der Waals surface area (Å²) in [5, 5.41) is 0. The van der Waals surface area contributed by atoms with Gasteiger partial charge in [-0.25, -0.2) is 0 Å². The zero-order valence-corrected chi connectivity index (χ0v) is 9.81. The normalized spacial score (nSPS) is 10.0. The number of hydrogen-bond donors (Lipinski definition) is 0. The molecule has 0 spiro atoms. The van der Waals surface area contributed by atoms with Gasteiger partial charge in [0.2, 0.25) is 0 Å². The Morgan fingerprint density at radius 1 is 1.06 bits per heavy atom. The van der Waals surface area contributed by atoms with E-state index < -0.39 is 0 Å². The van der Waals surface area contributed by atoms with Crippen molar-refractivity contribution in [1.82, 2.24) is 4.98 Å². The van der Waals surface area contributed by atoms with Crippen molar-refractivity contribution in [3.63, 3.8) is 0 Å². The Bertz CT molecular complexity index is 515. The Morgan fingerprint density at radius 3 is 2.24 bits per heavy atom. The van der Waals surface area contributed by atoms with E-state index in [1.807, 2.05) is 13.0 Å². The molecule has 86 valence electrons. The Kier molecular flexibility index (Phi) is 3.19. The average Bonchev–Trinajstić information content (AvgIpc) is 2.39. The Hall–Kier alpha value is -2.16. The summed E-state index contributed by atoms with van der Waals surface area (Å²) in [6.45, 7) is 1.89. The minimum absolute atomic E-state index is 0.0276. The molecule has 0 unspecified atom stereocenters. The van der Waals surface area contributed by atoms with Crippen molar-refractivity contribution < 1.29 is 9.53 Å². The van der Waals surface area contributed by atoms with Gasteiger partial charge in [-0.2, -0.15) is 0 Å². The van der Waals surface area contributed by atoms with Crippen molar-refractivity contribution in [3.05, 3.63) is 59.4 Å². The van der Waals surface area contributed by atoms with Gasteiger partial charge in [0.25, 0.3) is 0 Å². The van der Waals surface area contributed by atoms with Gasteiger partial charge in [-0.15, -0.1) is 0 Å².